The van der Waals surface area contributed by atoms with Crippen molar-refractivity contribution in [2.75, 3.05) is 0 Å². The molecule has 0 saturated carbocycles. The van der Waals surface area contributed by atoms with Crippen LogP contribution in [0.2, 0.25) is 0 Å². The molecule has 2 N–H and O–H groups in total. The van der Waals surface area contributed by atoms with Crippen LogP contribution >= 0.6 is 11.3 Å². The lowest BCUT2D eigenvalue weighted by atomic mass is 10.2. The van der Waals surface area contributed by atoms with Crippen molar-refractivity contribution in [2.24, 2.45) is 0 Å². The van der Waals surface area contributed by atoms with Gasteiger partial charge in [0.25, 0.3) is 0 Å². The number of aromatic amines is 2. The molecule has 0 fully saturated rings. The number of nitrogens with zero attached hydrogens (tertiary/aromatic N) is 2. The molecule has 0 bridgehead atoms. The molecule has 4 nitrogen and oxygen atoms in total. The number of nitrogens with one attached hydrogen (secondary N) is 2. The fraction of sp³-hybridized carbons (Fsp3) is 0.0909. The second-order valence-corrected chi connectivity index (χ2v) is 4.48. The van der Waals surface area contributed by atoms with Crippen LogP contribution in [0.4, 0.5) is 4.39 Å². The summed E-state index contributed by atoms with van der Waals surface area (Å²) in [5, 5.41) is 1.64. The summed E-state index contributed by atoms with van der Waals surface area (Å²) in [5.41, 5.74) is 1.80. The minimum atomic E-state index is -0.165. The first-order chi connectivity index (χ1) is 8.31. The van der Waals surface area contributed by atoms with Crippen LogP contribution in [-0.4, -0.2) is 19.9 Å². The summed E-state index contributed by atoms with van der Waals surface area (Å²) >= 11 is 1.11. The Morgan fingerprint density at radius 1 is 1.29 bits per heavy atom. The van der Waals surface area contributed by atoms with Crippen LogP contribution in [0.1, 0.15) is 11.3 Å². The smallest absolute Gasteiger partial charge is 0.176 e. The molecule has 3 aromatic rings. The minimum Gasteiger partial charge on any atom is -0.342 e. The van der Waals surface area contributed by atoms with Gasteiger partial charge < -0.3 is 9.97 Å². The van der Waals surface area contributed by atoms with Crippen LogP contribution in [0.25, 0.3) is 11.6 Å². The van der Waals surface area contributed by atoms with E-state index in [1.165, 1.54) is 6.07 Å². The SMILES string of the molecule is Fc1cc(Cc2c[nH]c(-c3ncc[nH]3)n2)cs1. The molecule has 0 atom stereocenters. The van der Waals surface area contributed by atoms with Crippen molar-refractivity contribution in [3.05, 3.63) is 46.4 Å². The first kappa shape index (κ1) is 10.2. The summed E-state index contributed by atoms with van der Waals surface area (Å²) in [4.78, 5) is 14.5. The van der Waals surface area contributed by atoms with Gasteiger partial charge in [-0.05, 0) is 17.0 Å². The number of hydrogen-bond acceptors (Lipinski definition) is 3. The first-order valence-corrected chi connectivity index (χ1v) is 5.96. The normalized spacial score (nSPS) is 10.9. The molecule has 3 rings (SSSR count). The van der Waals surface area contributed by atoms with Crippen molar-refractivity contribution < 1.29 is 4.39 Å². The van der Waals surface area contributed by atoms with Gasteiger partial charge in [0.1, 0.15) is 0 Å². The molecule has 0 radical (unpaired) electrons. The molecule has 0 aliphatic rings. The van der Waals surface area contributed by atoms with Gasteiger partial charge in [-0.3, -0.25) is 0 Å². The lowest BCUT2D eigenvalue weighted by molar-refractivity contribution is 0.656. The van der Waals surface area contributed by atoms with Crippen molar-refractivity contribution in [1.29, 1.82) is 0 Å². The average molecular weight is 248 g/mol. The van der Waals surface area contributed by atoms with Gasteiger partial charge in [0, 0.05) is 25.0 Å². The van der Waals surface area contributed by atoms with Gasteiger partial charge in [-0.1, -0.05) is 0 Å². The Kier molecular flexibility index (Phi) is 2.49. The monoisotopic (exact) mass is 248 g/mol. The third-order valence-electron chi connectivity index (χ3n) is 2.36. The Morgan fingerprint density at radius 2 is 2.24 bits per heavy atom. The standard InChI is InChI=1S/C11H9FN4S/c12-9-4-7(6-17-9)3-8-5-15-11(16-8)10-13-1-2-14-10/h1-2,4-6H,3H2,(H,13,14)(H,15,16). The van der Waals surface area contributed by atoms with Crippen LogP contribution in [-0.2, 0) is 6.42 Å². The van der Waals surface area contributed by atoms with Gasteiger partial charge in [0.05, 0.1) is 5.69 Å². The second kappa shape index (κ2) is 4.14. The Morgan fingerprint density at radius 3 is 2.94 bits per heavy atom. The third kappa shape index (κ3) is 2.12. The highest BCUT2D eigenvalue weighted by atomic mass is 32.1. The third-order valence-corrected chi connectivity index (χ3v) is 3.12. The number of aromatic nitrogens is 4. The van der Waals surface area contributed by atoms with Crippen LogP contribution in [0.5, 0.6) is 0 Å². The van der Waals surface area contributed by atoms with Gasteiger partial charge in [0.15, 0.2) is 16.8 Å². The van der Waals surface area contributed by atoms with E-state index in [-0.39, 0.29) is 5.13 Å². The molecule has 0 aliphatic heterocycles. The first-order valence-electron chi connectivity index (χ1n) is 5.08. The highest BCUT2D eigenvalue weighted by Crippen LogP contribution is 2.17. The zero-order valence-electron chi connectivity index (χ0n) is 8.77. The summed E-state index contributed by atoms with van der Waals surface area (Å²) < 4.78 is 12.8. The molecule has 0 amide bonds. The molecular weight excluding hydrogens is 239 g/mol. The lowest BCUT2D eigenvalue weighted by Crippen LogP contribution is -1.87. The van der Waals surface area contributed by atoms with E-state index >= 15 is 0 Å². The average Bonchev–Trinajstić information content (AvgIpc) is 3.00. The van der Waals surface area contributed by atoms with E-state index < -0.39 is 0 Å². The molecule has 0 saturated heterocycles. The van der Waals surface area contributed by atoms with Crippen molar-refractivity contribution in [3.8, 4) is 11.6 Å². The van der Waals surface area contributed by atoms with Crippen molar-refractivity contribution in [2.45, 2.75) is 6.42 Å². The fourth-order valence-electron chi connectivity index (χ4n) is 1.61. The van der Waals surface area contributed by atoms with E-state index in [0.717, 1.165) is 22.6 Å². The maximum Gasteiger partial charge on any atom is 0.176 e. The molecule has 86 valence electrons. The minimum absolute atomic E-state index is 0.165. The number of thiophene rings is 1. The molecule has 17 heavy (non-hydrogen) atoms. The number of halogens is 1. The topological polar surface area (TPSA) is 57.4 Å². The molecule has 0 aliphatic carbocycles. The number of imidazole rings is 2. The maximum absolute atomic E-state index is 12.8. The Hall–Kier alpha value is -1.95. The Balaban J connectivity index is 1.81. The Labute approximate surface area is 101 Å². The van der Waals surface area contributed by atoms with Gasteiger partial charge >= 0.3 is 0 Å². The zero-order valence-corrected chi connectivity index (χ0v) is 9.59. The zero-order chi connectivity index (χ0) is 11.7. The van der Waals surface area contributed by atoms with E-state index in [0.29, 0.717) is 18.1 Å². The summed E-state index contributed by atoms with van der Waals surface area (Å²) in [5.74, 6) is 1.40. The quantitative estimate of drug-likeness (QED) is 0.748. The number of H-pyrrole nitrogens is 2. The van der Waals surface area contributed by atoms with Gasteiger partial charge in [0.2, 0.25) is 0 Å². The molecule has 3 aromatic heterocycles. The maximum atomic E-state index is 12.8. The van der Waals surface area contributed by atoms with Crippen LogP contribution in [0, 0.1) is 5.13 Å². The van der Waals surface area contributed by atoms with E-state index in [9.17, 15) is 4.39 Å². The second-order valence-electron chi connectivity index (χ2n) is 3.61. The number of hydrogen-bond donors (Lipinski definition) is 2. The van der Waals surface area contributed by atoms with Crippen LogP contribution in [0.3, 0.4) is 0 Å². The van der Waals surface area contributed by atoms with Gasteiger partial charge in [-0.25, -0.2) is 9.97 Å². The summed E-state index contributed by atoms with van der Waals surface area (Å²) in [7, 11) is 0. The predicted molar refractivity (Wildman–Crippen MR) is 63.3 cm³/mol. The van der Waals surface area contributed by atoms with E-state index in [1.807, 2.05) is 6.20 Å². The summed E-state index contributed by atoms with van der Waals surface area (Å²) in [6, 6.07) is 1.53. The number of rotatable bonds is 3. The van der Waals surface area contributed by atoms with E-state index in [1.54, 1.807) is 17.8 Å². The lowest BCUT2D eigenvalue weighted by Gasteiger charge is -1.91. The highest BCUT2D eigenvalue weighted by Gasteiger charge is 2.07. The predicted octanol–water partition coefficient (Wildman–Crippen LogP) is 2.59. The van der Waals surface area contributed by atoms with Gasteiger partial charge in [-0.2, -0.15) is 4.39 Å². The van der Waals surface area contributed by atoms with Crippen molar-refractivity contribution >= 4 is 11.3 Å². The van der Waals surface area contributed by atoms with Crippen molar-refractivity contribution in [3.63, 3.8) is 0 Å². The molecular formula is C11H9FN4S. The van der Waals surface area contributed by atoms with E-state index in [2.05, 4.69) is 19.9 Å². The van der Waals surface area contributed by atoms with Crippen LogP contribution < -0.4 is 0 Å². The van der Waals surface area contributed by atoms with Crippen LogP contribution in [0.15, 0.2) is 30.0 Å². The van der Waals surface area contributed by atoms with E-state index in [4.69, 9.17) is 0 Å². The molecule has 0 aromatic carbocycles. The van der Waals surface area contributed by atoms with Crippen molar-refractivity contribution in [1.82, 2.24) is 19.9 Å². The largest absolute Gasteiger partial charge is 0.342 e. The Bertz CT molecular complexity index is 611. The molecule has 3 heterocycles. The summed E-state index contributed by atoms with van der Waals surface area (Å²) in [6.45, 7) is 0. The highest BCUT2D eigenvalue weighted by molar-refractivity contribution is 7.08. The summed E-state index contributed by atoms with van der Waals surface area (Å²) in [6.07, 6.45) is 5.85. The molecule has 6 heteroatoms. The fourth-order valence-corrected chi connectivity index (χ4v) is 2.25. The van der Waals surface area contributed by atoms with Gasteiger partial charge in [-0.15, -0.1) is 11.3 Å². The molecule has 0 spiro atoms. The molecule has 0 unspecified atom stereocenters.